The Bertz CT molecular complexity index is 7620. The Morgan fingerprint density at radius 2 is 0.714 bits per heavy atom. The lowest BCUT2D eigenvalue weighted by Crippen LogP contribution is -2.19. The molecule has 20 aromatic rings. The lowest BCUT2D eigenvalue weighted by Gasteiger charge is -2.13. The Hall–Kier alpha value is -16.7. The quantitative estimate of drug-likeness (QED) is 0.0520. The van der Waals surface area contributed by atoms with Gasteiger partial charge in [-0.1, -0.05) is 124 Å². The number of phenols is 1. The molecular formula is C109H91ClF4N16O3. The fraction of sp³-hybridized carbons (Fsp3) is 0.0917. The van der Waals surface area contributed by atoms with E-state index < -0.39 is 18.6 Å². The molecule has 19 nitrogen and oxygen atoms in total. The van der Waals surface area contributed by atoms with Crippen LogP contribution in [0.4, 0.5) is 46.0 Å². The molecule has 11 aromatic heterocycles. The van der Waals surface area contributed by atoms with Crippen LogP contribution in [0.3, 0.4) is 0 Å². The van der Waals surface area contributed by atoms with Crippen LogP contribution in [0, 0.1) is 12.7 Å². The molecule has 0 saturated heterocycles. The van der Waals surface area contributed by atoms with Crippen LogP contribution in [-0.2, 0) is 0 Å². The highest BCUT2D eigenvalue weighted by molar-refractivity contribution is 6.31. The number of aryl methyl sites for hydroxylation is 1. The first-order valence-corrected chi connectivity index (χ1v) is 42.6. The van der Waals surface area contributed by atoms with Gasteiger partial charge in [0.25, 0.3) is 0 Å². The molecule has 0 saturated carbocycles. The number of hydrogen-bond donors (Lipinski definition) is 6. The van der Waals surface area contributed by atoms with Crippen molar-refractivity contribution in [2.75, 3.05) is 35.3 Å². The molecule has 0 aliphatic heterocycles. The van der Waals surface area contributed by atoms with E-state index in [1.54, 1.807) is 116 Å². The zero-order valence-corrected chi connectivity index (χ0v) is 73.0. The molecule has 0 amide bonds. The summed E-state index contributed by atoms with van der Waals surface area (Å²) in [5.41, 5.74) is 58.8. The summed E-state index contributed by atoms with van der Waals surface area (Å²) in [5, 5.41) is 13.6. The van der Waals surface area contributed by atoms with Gasteiger partial charge in [0.15, 0.2) is 6.61 Å². The third kappa shape index (κ3) is 21.5. The highest BCUT2D eigenvalue weighted by Gasteiger charge is 2.29. The minimum absolute atomic E-state index is 0. The number of pyridine rings is 11. The van der Waals surface area contributed by atoms with Crippen molar-refractivity contribution in [2.45, 2.75) is 60.2 Å². The van der Waals surface area contributed by atoms with Crippen molar-refractivity contribution in [1.82, 2.24) is 54.8 Å². The Labute approximate surface area is 770 Å². The predicted molar refractivity (Wildman–Crippen MR) is 531 cm³/mol. The van der Waals surface area contributed by atoms with Gasteiger partial charge in [0, 0.05) is 162 Å². The molecule has 0 bridgehead atoms. The minimum Gasteiger partial charge on any atom is -0.508 e. The summed E-state index contributed by atoms with van der Waals surface area (Å²) >= 11 is 5.92. The number of hydrogen-bond acceptors (Lipinski definition) is 19. The number of benzene rings is 9. The lowest BCUT2D eigenvalue weighted by atomic mass is 9.95. The number of fused-ring (bicyclic) bond motifs is 5. The van der Waals surface area contributed by atoms with Crippen LogP contribution >= 0.6 is 11.6 Å². The number of nitrogen functional groups attached to an aromatic ring is 5. The summed E-state index contributed by atoms with van der Waals surface area (Å²) in [7, 11) is 0. The van der Waals surface area contributed by atoms with Gasteiger partial charge >= 0.3 is 6.18 Å². The molecule has 11 heterocycles. The number of ether oxygens (including phenoxy) is 2. The van der Waals surface area contributed by atoms with E-state index in [0.717, 1.165) is 156 Å². The van der Waals surface area contributed by atoms with Crippen molar-refractivity contribution < 1.29 is 32.1 Å². The third-order valence-corrected chi connectivity index (χ3v) is 21.9. The molecule has 0 aliphatic rings. The van der Waals surface area contributed by atoms with E-state index in [9.17, 15) is 22.7 Å². The highest BCUT2D eigenvalue weighted by Crippen LogP contribution is 2.42. The number of alkyl halides is 3. The molecule has 0 radical (unpaired) electrons. The minimum atomic E-state index is -4.40. The molecule has 9 aromatic carbocycles. The predicted octanol–water partition coefficient (Wildman–Crippen LogP) is 26.4. The second-order valence-electron chi connectivity index (χ2n) is 31.6. The van der Waals surface area contributed by atoms with Crippen molar-refractivity contribution in [2.24, 2.45) is 0 Å². The van der Waals surface area contributed by atoms with E-state index in [-0.39, 0.29) is 30.1 Å². The van der Waals surface area contributed by atoms with Crippen LogP contribution in [0.2, 0.25) is 5.02 Å². The van der Waals surface area contributed by atoms with Gasteiger partial charge in [0.1, 0.15) is 28.6 Å². The van der Waals surface area contributed by atoms with Crippen LogP contribution in [0.5, 0.6) is 17.2 Å². The van der Waals surface area contributed by atoms with E-state index in [2.05, 4.69) is 135 Å². The Morgan fingerprint density at radius 1 is 0.346 bits per heavy atom. The van der Waals surface area contributed by atoms with E-state index >= 15 is 0 Å². The van der Waals surface area contributed by atoms with Gasteiger partial charge in [0.05, 0.1) is 78.6 Å². The molecule has 0 atom stereocenters. The van der Waals surface area contributed by atoms with Gasteiger partial charge < -0.3 is 43.2 Å². The standard InChI is InChI=1S/C23H21N3O.C23H21N3.C22H16F3N3O.C21H17N3O.C19H12ClFN4.CH4/c1-15(2)27-18-6-3-5-17(13-18)23-19(7-4-11-26-23)16-8-9-22-20(14-16)21(24)10-12-25-22;1-15(2)16-5-3-6-18(13-16)23-19(7-4-11-26-23)17-8-9-22-20(14-17)21(24)10-12-25-22;23-22(24,25)13-29-16-4-1-3-15(11-16)21-17(5-2-9-28-21)14-6-7-20-18(12-14)19(26)8-10-27-20;1-13-9-15(11-16(25)10-13)21-17(3-2-7-24-21)14-4-5-20-18(12-14)19(22)6-8-23-20;20-13-10-11(3-4-14(13)21)18-12(2-1-8-24-18)16-5-6-17-19(25-16)15(22)7-9-23-17;/h3-15H,1-2H3,(H2,24,25);3-15H,1-2H3,(H2,24,25);1-12H,13H2,(H2,26,27);2-12,25H,1H3,(H2,22,23);1-10H,(H2,22,23);1H4. The first kappa shape index (κ1) is 91.1. The molecule has 0 unspecified atom stereocenters. The SMILES string of the molecule is C.CC(C)Oc1cccc(-c2ncccc2-c2ccc3nccc(N)c3c2)c1.CC(C)c1cccc(-c2ncccc2-c2ccc3nccc(N)c3c2)c1.Cc1cc(O)cc(-c2ncccc2-c2ccc3nccc(N)c3c2)c1.Nc1ccnc2ccc(-c3cccnc3-c3ccc(F)c(Cl)c3)nc12.Nc1ccnc2ccc(-c3cccnc3-c3cccc(OCC(F)(F)F)c3)cc12. The van der Waals surface area contributed by atoms with Crippen molar-refractivity contribution in [3.8, 4) is 129 Å². The van der Waals surface area contributed by atoms with Crippen molar-refractivity contribution in [3.63, 3.8) is 0 Å². The lowest BCUT2D eigenvalue weighted by molar-refractivity contribution is -0.153. The number of phenolic OH excluding ortho intramolecular Hbond substituents is 1. The smallest absolute Gasteiger partial charge is 0.422 e. The van der Waals surface area contributed by atoms with E-state index in [1.165, 1.54) is 17.7 Å². The van der Waals surface area contributed by atoms with Crippen LogP contribution in [0.1, 0.15) is 52.2 Å². The number of aromatic nitrogens is 11. The molecule has 0 aliphatic carbocycles. The van der Waals surface area contributed by atoms with Crippen LogP contribution in [0.15, 0.2) is 347 Å². The fourth-order valence-electron chi connectivity index (χ4n) is 15.3. The summed E-state index contributed by atoms with van der Waals surface area (Å²) < 4.78 is 61.6. The summed E-state index contributed by atoms with van der Waals surface area (Å²) in [6, 6.07) is 89.3. The largest absolute Gasteiger partial charge is 0.508 e. The van der Waals surface area contributed by atoms with Crippen LogP contribution in [-0.4, -0.2) is 78.8 Å². The Morgan fingerprint density at radius 3 is 1.14 bits per heavy atom. The molecule has 24 heteroatoms. The molecule has 133 heavy (non-hydrogen) atoms. The van der Waals surface area contributed by atoms with Crippen LogP contribution < -0.4 is 38.1 Å². The normalized spacial score (nSPS) is 11.1. The number of halogens is 5. The molecule has 20 rings (SSSR count). The molecule has 660 valence electrons. The molecule has 0 spiro atoms. The summed E-state index contributed by atoms with van der Waals surface area (Å²) in [4.78, 5) is 49.1. The first-order valence-electron chi connectivity index (χ1n) is 42.2. The number of aromatic hydroxyl groups is 1. The van der Waals surface area contributed by atoms with Gasteiger partial charge in [-0.2, -0.15) is 13.2 Å². The second kappa shape index (κ2) is 40.8. The third-order valence-electron chi connectivity index (χ3n) is 21.6. The number of rotatable bonds is 15. The van der Waals surface area contributed by atoms with Gasteiger partial charge in [-0.25, -0.2) is 9.37 Å². The number of nitrogens with two attached hydrogens (primary N) is 5. The van der Waals surface area contributed by atoms with E-state index in [1.807, 2.05) is 173 Å². The van der Waals surface area contributed by atoms with Gasteiger partial charge in [-0.15, -0.1) is 0 Å². The topological polar surface area (TPSA) is 311 Å². The average Bonchev–Trinajstić information content (AvgIpc) is 0.801. The van der Waals surface area contributed by atoms with Crippen LogP contribution in [0.25, 0.3) is 167 Å². The fourth-order valence-corrected chi connectivity index (χ4v) is 15.5. The average molecular weight is 1780 g/mol. The maximum Gasteiger partial charge on any atom is 0.422 e. The maximum atomic E-state index is 13.5. The van der Waals surface area contributed by atoms with Gasteiger partial charge in [0.2, 0.25) is 0 Å². The first-order chi connectivity index (χ1) is 63.9. The van der Waals surface area contributed by atoms with Gasteiger partial charge in [-0.3, -0.25) is 49.8 Å². The molecular weight excluding hydrogens is 1690 g/mol. The second-order valence-corrected chi connectivity index (χ2v) is 32.0. The summed E-state index contributed by atoms with van der Waals surface area (Å²) in [5.74, 6) is 1.22. The zero-order chi connectivity index (χ0) is 92.1. The summed E-state index contributed by atoms with van der Waals surface area (Å²) in [6.45, 7) is 9.06. The Kier molecular flexibility index (Phi) is 27.9. The van der Waals surface area contributed by atoms with Crippen molar-refractivity contribution in [1.29, 1.82) is 0 Å². The molecule has 11 N–H and O–H groups in total. The number of anilines is 5. The zero-order valence-electron chi connectivity index (χ0n) is 72.2. The summed E-state index contributed by atoms with van der Waals surface area (Å²) in [6.07, 6.45) is 12.9. The van der Waals surface area contributed by atoms with E-state index in [0.29, 0.717) is 56.7 Å². The Balaban J connectivity index is 0.000000127. The highest BCUT2D eigenvalue weighted by atomic mass is 35.5. The van der Waals surface area contributed by atoms with Crippen molar-refractivity contribution in [3.05, 3.63) is 369 Å². The van der Waals surface area contributed by atoms with Gasteiger partial charge in [-0.05, 0) is 254 Å². The number of nitrogens with zero attached hydrogens (tertiary/aromatic N) is 11. The monoisotopic (exact) mass is 1780 g/mol. The van der Waals surface area contributed by atoms with E-state index in [4.69, 9.17) is 49.7 Å². The molecule has 0 fully saturated rings. The maximum absolute atomic E-state index is 13.5. The van der Waals surface area contributed by atoms with Crippen molar-refractivity contribution >= 4 is 94.7 Å².